The van der Waals surface area contributed by atoms with Crippen LogP contribution < -0.4 is 0 Å². The van der Waals surface area contributed by atoms with Gasteiger partial charge in [0.05, 0.1) is 24.8 Å². The van der Waals surface area contributed by atoms with Crippen molar-refractivity contribution in [1.29, 1.82) is 0 Å². The maximum absolute atomic E-state index is 12.7. The van der Waals surface area contributed by atoms with Crippen LogP contribution in [0.3, 0.4) is 0 Å². The second-order valence-corrected chi connectivity index (χ2v) is 10.9. The topological polar surface area (TPSA) is 74.6 Å². The van der Waals surface area contributed by atoms with Crippen LogP contribution in [0.15, 0.2) is 66.7 Å². The number of carbonyl (C=O) groups is 3. The van der Waals surface area contributed by atoms with E-state index in [0.29, 0.717) is 24.3 Å². The second-order valence-electron chi connectivity index (χ2n) is 8.24. The molecule has 3 aromatic rings. The van der Waals surface area contributed by atoms with Gasteiger partial charge in [0.2, 0.25) is 5.78 Å². The molecule has 1 aromatic heterocycles. The third kappa shape index (κ3) is 10.0. The third-order valence-corrected chi connectivity index (χ3v) is 8.05. The van der Waals surface area contributed by atoms with E-state index in [1.54, 1.807) is 28.7 Å². The number of ketones is 2. The number of fused-ring (bicyclic) bond motifs is 1. The first-order valence-electron chi connectivity index (χ1n) is 12.0. The summed E-state index contributed by atoms with van der Waals surface area (Å²) in [4.78, 5) is 35.7. The van der Waals surface area contributed by atoms with E-state index in [2.05, 4.69) is 17.7 Å². The molecule has 0 spiro atoms. The summed E-state index contributed by atoms with van der Waals surface area (Å²) in [5, 5.41) is 0. The van der Waals surface area contributed by atoms with Crippen LogP contribution in [0.4, 0.5) is 0 Å². The number of ether oxygens (including phenoxy) is 2. The van der Waals surface area contributed by atoms with Gasteiger partial charge in [0, 0.05) is 75.5 Å². The predicted octanol–water partition coefficient (Wildman–Crippen LogP) is 5.21. The van der Waals surface area contributed by atoms with Crippen molar-refractivity contribution in [3.05, 3.63) is 102 Å². The van der Waals surface area contributed by atoms with E-state index < -0.39 is 5.97 Å². The molecule has 2 aromatic carbocycles. The fraction of sp³-hybridized carbons (Fsp3) is 0.310. The van der Waals surface area contributed by atoms with Gasteiger partial charge in [-0.05, 0) is 18.6 Å². The van der Waals surface area contributed by atoms with Crippen molar-refractivity contribution in [2.75, 3.05) is 31.8 Å². The zero-order valence-electron chi connectivity index (χ0n) is 21.5. The number of hydrogen-bond donors (Lipinski definition) is 0. The van der Waals surface area contributed by atoms with Gasteiger partial charge in [-0.1, -0.05) is 51.9 Å². The first kappa shape index (κ1) is 32.4. The Morgan fingerprint density at radius 3 is 2.34 bits per heavy atom. The summed E-state index contributed by atoms with van der Waals surface area (Å²) in [6.45, 7) is 5.00. The summed E-state index contributed by atoms with van der Waals surface area (Å²) in [5.74, 6) is 1.40. The van der Waals surface area contributed by atoms with Gasteiger partial charge in [0.25, 0.3) is 0 Å². The molecule has 0 bridgehead atoms. The van der Waals surface area contributed by atoms with Gasteiger partial charge >= 0.3 is 0 Å². The molecule has 1 unspecified atom stereocenters. The molecule has 2 heterocycles. The van der Waals surface area contributed by atoms with E-state index >= 15 is 0 Å². The SMILES string of the molecule is O=C(c1ccccc1)c1ccc2n1CCC2C(=O)Cc1cc[c-]cc1.[CH2-]C(=O)OCCSSCCOC.[Y]. The molecule has 4 rings (SSSR count). The fourth-order valence-corrected chi connectivity index (χ4v) is 5.73. The zero-order valence-corrected chi connectivity index (χ0v) is 25.9. The average molecular weight is 627 g/mol. The van der Waals surface area contributed by atoms with Crippen LogP contribution in [0.25, 0.3) is 0 Å². The van der Waals surface area contributed by atoms with Crippen molar-refractivity contribution >= 4 is 39.1 Å². The van der Waals surface area contributed by atoms with Crippen LogP contribution in [0.1, 0.15) is 39.6 Å². The van der Waals surface area contributed by atoms with Crippen LogP contribution in [0.5, 0.6) is 0 Å². The van der Waals surface area contributed by atoms with Gasteiger partial charge in [-0.15, -0.1) is 0 Å². The molecule has 0 saturated carbocycles. The molecule has 38 heavy (non-hydrogen) atoms. The molecular formula is C29H31NO5S2Y-2. The van der Waals surface area contributed by atoms with Gasteiger partial charge < -0.3 is 14.0 Å². The Hall–Kier alpha value is -1.84. The number of hydrogen-bond acceptors (Lipinski definition) is 7. The Labute approximate surface area is 257 Å². The number of Topliss-reactive ketones (excluding diaryl/α,β-unsaturated/α-hetero) is 1. The minimum atomic E-state index is -0.461. The molecule has 0 aliphatic carbocycles. The largest absolute Gasteiger partial charge is 0.487 e. The van der Waals surface area contributed by atoms with Crippen molar-refractivity contribution < 1.29 is 56.6 Å². The van der Waals surface area contributed by atoms with E-state index in [1.165, 1.54) is 0 Å². The summed E-state index contributed by atoms with van der Waals surface area (Å²) in [6, 6.07) is 23.5. The second kappa shape index (κ2) is 17.7. The Bertz CT molecular complexity index is 1150. The number of esters is 1. The molecule has 0 N–H and O–H groups in total. The number of benzene rings is 2. The molecule has 0 amide bonds. The summed E-state index contributed by atoms with van der Waals surface area (Å²) in [5.41, 5.74) is 3.32. The minimum Gasteiger partial charge on any atom is -0.487 e. The molecule has 1 aliphatic heterocycles. The van der Waals surface area contributed by atoms with Crippen LogP contribution in [0, 0.1) is 13.0 Å². The maximum atomic E-state index is 12.7. The van der Waals surface area contributed by atoms with E-state index in [1.807, 2.05) is 71.3 Å². The Kier molecular flexibility index (Phi) is 15.1. The van der Waals surface area contributed by atoms with Crippen molar-refractivity contribution in [2.24, 2.45) is 0 Å². The zero-order chi connectivity index (χ0) is 26.5. The number of methoxy groups -OCH3 is 1. The van der Waals surface area contributed by atoms with Crippen molar-refractivity contribution in [3.8, 4) is 0 Å². The summed E-state index contributed by atoms with van der Waals surface area (Å²) in [7, 11) is 5.05. The monoisotopic (exact) mass is 626 g/mol. The first-order chi connectivity index (χ1) is 18.0. The average Bonchev–Trinajstić information content (AvgIpc) is 3.52. The molecule has 0 saturated heterocycles. The van der Waals surface area contributed by atoms with E-state index in [-0.39, 0.29) is 50.2 Å². The first-order valence-corrected chi connectivity index (χ1v) is 14.5. The normalized spacial score (nSPS) is 13.4. The molecule has 6 nitrogen and oxygen atoms in total. The van der Waals surface area contributed by atoms with Crippen molar-refractivity contribution in [1.82, 2.24) is 4.57 Å². The van der Waals surface area contributed by atoms with E-state index in [0.717, 1.165) is 42.3 Å². The van der Waals surface area contributed by atoms with Crippen molar-refractivity contribution in [3.63, 3.8) is 0 Å². The minimum absolute atomic E-state index is 0. The van der Waals surface area contributed by atoms with Gasteiger partial charge in [-0.2, -0.15) is 35.9 Å². The Morgan fingerprint density at radius 1 is 1.00 bits per heavy atom. The quantitative estimate of drug-likeness (QED) is 0.0899. The summed E-state index contributed by atoms with van der Waals surface area (Å²) in [6.07, 6.45) is 1.19. The van der Waals surface area contributed by atoms with E-state index in [4.69, 9.17) is 4.74 Å². The van der Waals surface area contributed by atoms with Crippen LogP contribution in [0.2, 0.25) is 0 Å². The Balaban J connectivity index is 0.000000335. The maximum Gasteiger partial charge on any atom is 0.209 e. The van der Waals surface area contributed by atoms with Gasteiger partial charge in [-0.25, -0.2) is 0 Å². The van der Waals surface area contributed by atoms with Crippen LogP contribution in [-0.4, -0.2) is 53.9 Å². The van der Waals surface area contributed by atoms with Crippen LogP contribution >= 0.6 is 21.6 Å². The number of aromatic nitrogens is 1. The third-order valence-electron chi connectivity index (χ3n) is 5.72. The Morgan fingerprint density at radius 2 is 1.68 bits per heavy atom. The fourth-order valence-electron chi connectivity index (χ4n) is 3.99. The van der Waals surface area contributed by atoms with Crippen LogP contribution in [-0.2, 0) is 64.7 Å². The molecular weight excluding hydrogens is 595 g/mol. The van der Waals surface area contributed by atoms with Gasteiger partial charge in [0.1, 0.15) is 5.78 Å². The smallest absolute Gasteiger partial charge is 0.209 e. The standard InChI is InChI=1S/C22H18NO2.C7H13O3S2.Y/c24-21(15-16-7-3-1-4-8-16)18-13-14-23-19(18)11-12-20(23)22(25)17-9-5-2-6-10-17;1-7(8)10-4-6-12-11-5-3-9-2;/h2-12,18H,13-15H2;1,3-6H2,2H3;/q2*-1;. The number of nitrogens with zero attached hydrogens (tertiary/aromatic N) is 1. The molecule has 1 radical (unpaired) electrons. The van der Waals surface area contributed by atoms with Crippen molar-refractivity contribution in [2.45, 2.75) is 25.3 Å². The van der Waals surface area contributed by atoms with Gasteiger partial charge in [-0.3, -0.25) is 21.3 Å². The van der Waals surface area contributed by atoms with E-state index in [9.17, 15) is 14.4 Å². The summed E-state index contributed by atoms with van der Waals surface area (Å²) >= 11 is 0. The molecule has 1 atom stereocenters. The molecule has 199 valence electrons. The number of carbonyl (C=O) groups excluding carboxylic acids is 3. The summed E-state index contributed by atoms with van der Waals surface area (Å²) < 4.78 is 11.5. The molecule has 1 aliphatic rings. The molecule has 0 fully saturated rings. The molecule has 9 heteroatoms. The van der Waals surface area contributed by atoms with Gasteiger partial charge in [0.15, 0.2) is 5.97 Å². The predicted molar refractivity (Wildman–Crippen MR) is 149 cm³/mol. The number of rotatable bonds is 12.